The van der Waals surface area contributed by atoms with Crippen LogP contribution in [0.25, 0.3) is 0 Å². The topological polar surface area (TPSA) is 255 Å². The molecule has 18 nitrogen and oxygen atoms in total. The average molecular weight is 897 g/mol. The molecule has 66 heavy (non-hydrogen) atoms. The fourth-order valence-corrected chi connectivity index (χ4v) is 9.27. The Balaban J connectivity index is 0.000000166. The zero-order chi connectivity index (χ0) is 46.0. The van der Waals surface area contributed by atoms with E-state index >= 15 is 0 Å². The van der Waals surface area contributed by atoms with Crippen molar-refractivity contribution in [2.45, 2.75) is 125 Å². The summed E-state index contributed by atoms with van der Waals surface area (Å²) in [5, 5.41) is 51.8. The molecule has 10 rings (SSSR count). The lowest BCUT2D eigenvalue weighted by Gasteiger charge is -2.38. The minimum atomic E-state index is -0.623. The Morgan fingerprint density at radius 2 is 0.970 bits per heavy atom. The normalized spacial score (nSPS) is 22.6. The Hall–Kier alpha value is -7.48. The molecule has 340 valence electrons. The summed E-state index contributed by atoms with van der Waals surface area (Å²) in [6, 6.07) is 16.6. The molecule has 0 atom stereocenters. The van der Waals surface area contributed by atoms with E-state index in [-0.39, 0.29) is 47.7 Å². The Labute approximate surface area is 378 Å². The number of anilines is 4. The van der Waals surface area contributed by atoms with Crippen molar-refractivity contribution in [3.63, 3.8) is 0 Å². The van der Waals surface area contributed by atoms with Gasteiger partial charge in [-0.2, -0.15) is 20.7 Å². The first-order chi connectivity index (χ1) is 31.9. The third kappa shape index (κ3) is 9.35. The number of aromatic nitrogens is 10. The summed E-state index contributed by atoms with van der Waals surface area (Å²) in [7, 11) is 0. The van der Waals surface area contributed by atoms with Gasteiger partial charge in [-0.1, -0.05) is 10.4 Å². The molecular weight excluding hydrogens is 847 g/mol. The number of primary amides is 2. The fraction of sp³-hybridized carbons (Fsp3) is 0.435. The molecule has 6 N–H and O–H groups in total. The van der Waals surface area contributed by atoms with Gasteiger partial charge in [0.25, 0.3) is 11.8 Å². The van der Waals surface area contributed by atoms with Gasteiger partial charge < -0.3 is 22.1 Å². The summed E-state index contributed by atoms with van der Waals surface area (Å²) in [6.45, 7) is 0. The molecule has 0 bridgehead atoms. The molecule has 4 aliphatic carbocycles. The molecule has 4 fully saturated rings. The third-order valence-electron chi connectivity index (χ3n) is 13.5. The highest BCUT2D eigenvalue weighted by molar-refractivity contribution is 5.98. The van der Waals surface area contributed by atoms with Crippen molar-refractivity contribution in [1.29, 1.82) is 10.5 Å². The summed E-state index contributed by atoms with van der Waals surface area (Å²) in [5.41, 5.74) is 13.9. The number of carbonyl (C=O) groups excluding carboxylic acids is 2. The quantitative estimate of drug-likeness (QED) is 0.0828. The molecule has 2 amide bonds. The molecule has 2 aromatic carbocycles. The number of halogens is 2. The summed E-state index contributed by atoms with van der Waals surface area (Å²) < 4.78 is 33.9. The fourth-order valence-electron chi connectivity index (χ4n) is 9.27. The molecule has 0 radical (unpaired) electrons. The summed E-state index contributed by atoms with van der Waals surface area (Å²) in [4.78, 5) is 24.2. The van der Waals surface area contributed by atoms with Crippen LogP contribution in [-0.2, 0) is 11.1 Å². The van der Waals surface area contributed by atoms with E-state index in [1.165, 1.54) is 49.9 Å². The first kappa shape index (κ1) is 43.8. The molecule has 6 aromatic rings. The number of hydrogen-bond donors (Lipinski definition) is 4. The highest BCUT2D eigenvalue weighted by atomic mass is 19.1. The largest absolute Gasteiger partial charge is 0.365 e. The van der Waals surface area contributed by atoms with Crippen LogP contribution in [0.3, 0.4) is 0 Å². The predicted octanol–water partition coefficient (Wildman–Crippen LogP) is 7.52. The van der Waals surface area contributed by atoms with E-state index in [1.807, 2.05) is 9.36 Å². The van der Waals surface area contributed by atoms with Crippen LogP contribution in [0.5, 0.6) is 0 Å². The van der Waals surface area contributed by atoms with E-state index < -0.39 is 22.9 Å². The van der Waals surface area contributed by atoms with Gasteiger partial charge in [0, 0.05) is 48.0 Å². The van der Waals surface area contributed by atoms with Crippen LogP contribution in [-0.4, -0.2) is 61.4 Å². The number of amides is 2. The maximum absolute atomic E-state index is 13.3. The van der Waals surface area contributed by atoms with Gasteiger partial charge >= 0.3 is 0 Å². The lowest BCUT2D eigenvalue weighted by atomic mass is 9.77. The van der Waals surface area contributed by atoms with E-state index in [2.05, 4.69) is 66.0 Å². The average Bonchev–Trinajstić information content (AvgIpc) is 4.11. The molecule has 0 spiro atoms. The van der Waals surface area contributed by atoms with Gasteiger partial charge in [0.05, 0.1) is 59.5 Å². The van der Waals surface area contributed by atoms with Crippen molar-refractivity contribution in [3.05, 3.63) is 107 Å². The van der Waals surface area contributed by atoms with Gasteiger partial charge in [-0.25, -0.2) is 18.1 Å². The summed E-state index contributed by atoms with van der Waals surface area (Å²) in [5.74, 6) is -0.265. The van der Waals surface area contributed by atoms with Crippen molar-refractivity contribution in [1.82, 2.24) is 49.5 Å². The predicted molar refractivity (Wildman–Crippen MR) is 236 cm³/mol. The minimum absolute atomic E-state index is 0.222. The highest BCUT2D eigenvalue weighted by Crippen LogP contribution is 2.45. The van der Waals surface area contributed by atoms with E-state index in [9.17, 15) is 28.9 Å². The number of nitriles is 2. The van der Waals surface area contributed by atoms with Crippen molar-refractivity contribution in [2.75, 3.05) is 10.6 Å². The summed E-state index contributed by atoms with van der Waals surface area (Å²) in [6.07, 6.45) is 18.7. The van der Waals surface area contributed by atoms with Crippen LogP contribution in [0.4, 0.5) is 31.8 Å². The molecular formula is C46H50F2N16O2. The van der Waals surface area contributed by atoms with E-state index in [0.29, 0.717) is 60.5 Å². The Bertz CT molecular complexity index is 2580. The van der Waals surface area contributed by atoms with Crippen LogP contribution in [0.1, 0.15) is 146 Å². The molecule has 0 saturated heterocycles. The Morgan fingerprint density at radius 3 is 1.29 bits per heavy atom. The van der Waals surface area contributed by atoms with E-state index in [1.54, 1.807) is 46.0 Å². The Morgan fingerprint density at radius 1 is 0.606 bits per heavy atom. The maximum atomic E-state index is 13.3. The van der Waals surface area contributed by atoms with Crippen molar-refractivity contribution < 1.29 is 18.4 Å². The molecule has 4 aromatic heterocycles. The van der Waals surface area contributed by atoms with Crippen LogP contribution >= 0.6 is 0 Å². The number of carbonyl (C=O) groups is 2. The van der Waals surface area contributed by atoms with Crippen molar-refractivity contribution >= 4 is 34.8 Å². The van der Waals surface area contributed by atoms with Crippen LogP contribution < -0.4 is 22.1 Å². The minimum Gasteiger partial charge on any atom is -0.365 e. The van der Waals surface area contributed by atoms with Gasteiger partial charge in [-0.3, -0.25) is 19.0 Å². The zero-order valence-electron chi connectivity index (χ0n) is 36.2. The van der Waals surface area contributed by atoms with Gasteiger partial charge in [-0.15, -0.1) is 10.2 Å². The number of nitrogens with one attached hydrogen (secondary N) is 2. The standard InChI is InChI=1S/2C23H25FN8O/c2*24-16-3-5-17(6-4-16)27-22-19(21(26)33)13-32(29-22)23(11-12-25)9-7-18(8-10-23)31-14-20(28-30-31)15-1-2-15/h2*3-6,13-15,18H,1-2,7-11H2,(H2,26,33)(H,27,29). The third-order valence-corrected chi connectivity index (χ3v) is 13.5. The summed E-state index contributed by atoms with van der Waals surface area (Å²) >= 11 is 0. The van der Waals surface area contributed by atoms with Gasteiger partial charge in [0.15, 0.2) is 11.6 Å². The van der Waals surface area contributed by atoms with Crippen molar-refractivity contribution in [2.24, 2.45) is 11.5 Å². The SMILES string of the molecule is N#CCC1(n2cc(C(N)=O)c(Nc3ccc(F)cc3)n2)CCC(n2cc(C3CC3)nn2)CC1.N#CCC1(n2cc(C(N)=O)c(Nc3ccc(F)cc3)n2)CCC(n2cc(C3CC3)nn2)CC1. The molecule has 0 unspecified atom stereocenters. The van der Waals surface area contributed by atoms with E-state index in [4.69, 9.17) is 11.5 Å². The van der Waals surface area contributed by atoms with Gasteiger partial charge in [0.2, 0.25) is 0 Å². The molecule has 4 saturated carbocycles. The second kappa shape index (κ2) is 18.2. The highest BCUT2D eigenvalue weighted by Gasteiger charge is 2.42. The molecule has 4 heterocycles. The van der Waals surface area contributed by atoms with Crippen molar-refractivity contribution in [3.8, 4) is 12.1 Å². The molecule has 4 aliphatic rings. The van der Waals surface area contributed by atoms with Crippen LogP contribution in [0.15, 0.2) is 73.3 Å². The monoisotopic (exact) mass is 896 g/mol. The lowest BCUT2D eigenvalue weighted by Crippen LogP contribution is -2.38. The van der Waals surface area contributed by atoms with Crippen LogP contribution in [0.2, 0.25) is 0 Å². The first-order valence-electron chi connectivity index (χ1n) is 22.4. The number of nitrogens with two attached hydrogens (primary N) is 2. The molecule has 20 heteroatoms. The lowest BCUT2D eigenvalue weighted by molar-refractivity contribution is 0.0991. The number of nitrogens with zero attached hydrogens (tertiary/aromatic N) is 12. The first-order valence-corrected chi connectivity index (χ1v) is 22.4. The molecule has 0 aliphatic heterocycles. The number of rotatable bonds is 14. The van der Waals surface area contributed by atoms with Gasteiger partial charge in [0.1, 0.15) is 22.8 Å². The Kier molecular flexibility index (Phi) is 12.1. The van der Waals surface area contributed by atoms with Crippen LogP contribution in [0, 0.1) is 34.3 Å². The zero-order valence-corrected chi connectivity index (χ0v) is 36.2. The second-order valence-corrected chi connectivity index (χ2v) is 18.0. The number of benzene rings is 2. The van der Waals surface area contributed by atoms with E-state index in [0.717, 1.165) is 37.1 Å². The maximum Gasteiger partial charge on any atom is 0.254 e. The van der Waals surface area contributed by atoms with Gasteiger partial charge in [-0.05, 0) is 126 Å². The number of hydrogen-bond acceptors (Lipinski definition) is 12. The smallest absolute Gasteiger partial charge is 0.254 e. The second-order valence-electron chi connectivity index (χ2n) is 18.0.